The summed E-state index contributed by atoms with van der Waals surface area (Å²) in [5.74, 6) is -0.175. The standard InChI is InChI=1S/C34H35ClN2O7S/c1-34(2,3)24-12-10-22(11-13-24)33(39)23-8-7-9-26(18-23)36-32(38)21-37(28-19-25(35)14-16-29(28)42-4)45(40,41)27-15-17-30(43-5)31(20-27)44-6/h7-20H,21H2,1-6H3,(H,36,38). The van der Waals surface area contributed by atoms with Crippen molar-refractivity contribution >= 4 is 44.7 Å². The van der Waals surface area contributed by atoms with Gasteiger partial charge in [0, 0.05) is 27.9 Å². The van der Waals surface area contributed by atoms with E-state index in [1.165, 1.54) is 51.7 Å². The second-order valence-electron chi connectivity index (χ2n) is 11.1. The van der Waals surface area contributed by atoms with Crippen LogP contribution in [0, 0.1) is 0 Å². The molecule has 1 amide bonds. The minimum atomic E-state index is -4.38. The Balaban J connectivity index is 1.65. The molecule has 4 aromatic rings. The fourth-order valence-corrected chi connectivity index (χ4v) is 6.22. The van der Waals surface area contributed by atoms with Crippen LogP contribution in [-0.4, -0.2) is 48.0 Å². The van der Waals surface area contributed by atoms with Crippen molar-refractivity contribution < 1.29 is 32.2 Å². The summed E-state index contributed by atoms with van der Waals surface area (Å²) >= 11 is 6.25. The van der Waals surface area contributed by atoms with Crippen LogP contribution in [0.5, 0.6) is 17.2 Å². The molecule has 4 aromatic carbocycles. The Labute approximate surface area is 268 Å². The number of carbonyl (C=O) groups excluding carboxylic acids is 2. The molecule has 11 heteroatoms. The molecule has 0 bridgehead atoms. The first-order valence-corrected chi connectivity index (χ1v) is 15.7. The van der Waals surface area contributed by atoms with E-state index in [2.05, 4.69) is 26.1 Å². The van der Waals surface area contributed by atoms with Gasteiger partial charge in [-0.05, 0) is 53.4 Å². The predicted octanol–water partition coefficient (Wildman–Crippen LogP) is 6.73. The second kappa shape index (κ2) is 13.6. The third-order valence-corrected chi connectivity index (χ3v) is 9.05. The highest BCUT2D eigenvalue weighted by Gasteiger charge is 2.31. The van der Waals surface area contributed by atoms with Gasteiger partial charge in [-0.2, -0.15) is 0 Å². The van der Waals surface area contributed by atoms with Crippen LogP contribution in [0.1, 0.15) is 42.3 Å². The molecule has 45 heavy (non-hydrogen) atoms. The molecule has 0 aromatic heterocycles. The van der Waals surface area contributed by atoms with Gasteiger partial charge in [0.25, 0.3) is 10.0 Å². The normalized spacial score (nSPS) is 11.4. The number of sulfonamides is 1. The number of carbonyl (C=O) groups is 2. The summed E-state index contributed by atoms with van der Waals surface area (Å²) in [5.41, 5.74) is 2.29. The zero-order chi connectivity index (χ0) is 32.9. The van der Waals surface area contributed by atoms with Crippen LogP contribution >= 0.6 is 11.6 Å². The van der Waals surface area contributed by atoms with Crippen LogP contribution in [0.25, 0.3) is 0 Å². The van der Waals surface area contributed by atoms with Crippen molar-refractivity contribution in [1.82, 2.24) is 0 Å². The number of hydrogen-bond donors (Lipinski definition) is 1. The van der Waals surface area contributed by atoms with E-state index >= 15 is 0 Å². The van der Waals surface area contributed by atoms with Crippen molar-refractivity contribution in [2.24, 2.45) is 0 Å². The van der Waals surface area contributed by atoms with E-state index in [4.69, 9.17) is 25.8 Å². The lowest BCUT2D eigenvalue weighted by Crippen LogP contribution is -2.38. The van der Waals surface area contributed by atoms with Crippen LogP contribution in [0.15, 0.2) is 89.8 Å². The zero-order valence-corrected chi connectivity index (χ0v) is 27.5. The van der Waals surface area contributed by atoms with Crippen LogP contribution in [0.4, 0.5) is 11.4 Å². The molecule has 0 aliphatic rings. The lowest BCUT2D eigenvalue weighted by atomic mass is 9.86. The van der Waals surface area contributed by atoms with Crippen molar-refractivity contribution in [3.8, 4) is 17.2 Å². The third kappa shape index (κ3) is 7.58. The molecular weight excluding hydrogens is 616 g/mol. The first-order valence-electron chi connectivity index (χ1n) is 13.9. The number of hydrogen-bond acceptors (Lipinski definition) is 7. The van der Waals surface area contributed by atoms with Gasteiger partial charge in [-0.1, -0.05) is 68.8 Å². The van der Waals surface area contributed by atoms with Crippen molar-refractivity contribution in [3.63, 3.8) is 0 Å². The predicted molar refractivity (Wildman–Crippen MR) is 176 cm³/mol. The molecule has 0 fully saturated rings. The van der Waals surface area contributed by atoms with Crippen molar-refractivity contribution in [2.75, 3.05) is 37.5 Å². The summed E-state index contributed by atoms with van der Waals surface area (Å²) in [6.45, 7) is 5.65. The molecule has 0 heterocycles. The Bertz CT molecular complexity index is 1820. The first kappa shape index (κ1) is 33.4. The molecule has 236 valence electrons. The quantitative estimate of drug-likeness (QED) is 0.179. The Hall–Kier alpha value is -4.54. The number of rotatable bonds is 11. The fraction of sp³-hybridized carbons (Fsp3) is 0.235. The average Bonchev–Trinajstić information content (AvgIpc) is 3.02. The van der Waals surface area contributed by atoms with Crippen LogP contribution in [0.3, 0.4) is 0 Å². The molecule has 0 radical (unpaired) electrons. The molecule has 0 spiro atoms. The molecule has 4 rings (SSSR count). The average molecular weight is 651 g/mol. The topological polar surface area (TPSA) is 111 Å². The number of halogens is 1. The fourth-order valence-electron chi connectivity index (χ4n) is 4.62. The van der Waals surface area contributed by atoms with Gasteiger partial charge in [-0.25, -0.2) is 8.42 Å². The Kier molecular flexibility index (Phi) is 10.1. The van der Waals surface area contributed by atoms with Crippen LogP contribution in [-0.2, 0) is 20.2 Å². The van der Waals surface area contributed by atoms with E-state index in [1.807, 2.05) is 12.1 Å². The van der Waals surface area contributed by atoms with Gasteiger partial charge >= 0.3 is 0 Å². The molecular formula is C34H35ClN2O7S. The maximum atomic E-state index is 14.1. The maximum absolute atomic E-state index is 14.1. The number of methoxy groups -OCH3 is 3. The zero-order valence-electron chi connectivity index (χ0n) is 25.9. The minimum absolute atomic E-state index is 0.0533. The summed E-state index contributed by atoms with van der Waals surface area (Å²) in [4.78, 5) is 26.5. The van der Waals surface area contributed by atoms with E-state index in [1.54, 1.807) is 42.5 Å². The number of amides is 1. The van der Waals surface area contributed by atoms with Crippen molar-refractivity contribution in [1.29, 1.82) is 0 Å². The molecule has 1 N–H and O–H groups in total. The van der Waals surface area contributed by atoms with E-state index < -0.39 is 22.5 Å². The van der Waals surface area contributed by atoms with Crippen LogP contribution in [0.2, 0.25) is 5.02 Å². The van der Waals surface area contributed by atoms with Crippen LogP contribution < -0.4 is 23.8 Å². The molecule has 0 aliphatic carbocycles. The SMILES string of the molecule is COc1ccc(S(=O)(=O)N(CC(=O)Nc2cccc(C(=O)c3ccc(C(C)(C)C)cc3)c2)c2cc(Cl)ccc2OC)cc1OC. The highest BCUT2D eigenvalue weighted by molar-refractivity contribution is 7.92. The molecule has 0 atom stereocenters. The van der Waals surface area contributed by atoms with Gasteiger partial charge in [0.05, 0.1) is 31.9 Å². The summed E-state index contributed by atoms with van der Waals surface area (Å²) in [7, 11) is -0.170. The molecule has 0 saturated carbocycles. The van der Waals surface area contributed by atoms with Gasteiger partial charge in [0.2, 0.25) is 5.91 Å². The number of benzene rings is 4. The van der Waals surface area contributed by atoms with Gasteiger partial charge in [0.15, 0.2) is 17.3 Å². The largest absolute Gasteiger partial charge is 0.495 e. The van der Waals surface area contributed by atoms with Gasteiger partial charge in [0.1, 0.15) is 12.3 Å². The first-order chi connectivity index (χ1) is 21.3. The smallest absolute Gasteiger partial charge is 0.265 e. The Morgan fingerprint density at radius 3 is 2.04 bits per heavy atom. The van der Waals surface area contributed by atoms with E-state index in [0.717, 1.165) is 9.87 Å². The minimum Gasteiger partial charge on any atom is -0.495 e. The highest BCUT2D eigenvalue weighted by atomic mass is 35.5. The van der Waals surface area contributed by atoms with E-state index in [-0.39, 0.29) is 38.3 Å². The third-order valence-electron chi connectivity index (χ3n) is 7.06. The summed E-state index contributed by atoms with van der Waals surface area (Å²) in [6.07, 6.45) is 0. The number of anilines is 2. The molecule has 0 saturated heterocycles. The number of ketones is 1. The number of ether oxygens (including phenoxy) is 3. The summed E-state index contributed by atoms with van der Waals surface area (Å²) in [6, 6.07) is 22.4. The summed E-state index contributed by atoms with van der Waals surface area (Å²) in [5, 5.41) is 2.96. The van der Waals surface area contributed by atoms with E-state index in [9.17, 15) is 18.0 Å². The molecule has 9 nitrogen and oxygen atoms in total. The maximum Gasteiger partial charge on any atom is 0.265 e. The Morgan fingerprint density at radius 1 is 0.778 bits per heavy atom. The monoisotopic (exact) mass is 650 g/mol. The van der Waals surface area contributed by atoms with E-state index in [0.29, 0.717) is 22.6 Å². The van der Waals surface area contributed by atoms with Gasteiger partial charge < -0.3 is 19.5 Å². The lowest BCUT2D eigenvalue weighted by Gasteiger charge is -2.26. The second-order valence-corrected chi connectivity index (χ2v) is 13.4. The number of nitrogens with one attached hydrogen (secondary N) is 1. The van der Waals surface area contributed by atoms with Crippen molar-refractivity contribution in [2.45, 2.75) is 31.1 Å². The lowest BCUT2D eigenvalue weighted by molar-refractivity contribution is -0.114. The van der Waals surface area contributed by atoms with Gasteiger partial charge in [-0.15, -0.1) is 0 Å². The summed E-state index contributed by atoms with van der Waals surface area (Å²) < 4.78 is 45.0. The number of nitrogens with zero attached hydrogens (tertiary/aromatic N) is 1. The molecule has 0 aliphatic heterocycles. The van der Waals surface area contributed by atoms with Gasteiger partial charge in [-0.3, -0.25) is 13.9 Å². The molecule has 0 unspecified atom stereocenters. The van der Waals surface area contributed by atoms with Crippen molar-refractivity contribution in [3.05, 3.63) is 107 Å². The Morgan fingerprint density at radius 2 is 1.42 bits per heavy atom. The highest BCUT2D eigenvalue weighted by Crippen LogP contribution is 2.37.